The predicted octanol–water partition coefficient (Wildman–Crippen LogP) is 2.91. The lowest BCUT2D eigenvalue weighted by atomic mass is 10.2. The summed E-state index contributed by atoms with van der Waals surface area (Å²) in [5.74, 6) is 0.377. The van der Waals surface area contributed by atoms with Crippen LogP contribution in [0.2, 0.25) is 0 Å². The van der Waals surface area contributed by atoms with E-state index in [1.807, 2.05) is 0 Å². The molecule has 5 rings (SSSR count). The van der Waals surface area contributed by atoms with Gasteiger partial charge in [0.1, 0.15) is 12.4 Å². The topological polar surface area (TPSA) is 165 Å². The molecule has 0 aliphatic carbocycles. The molecule has 0 saturated carbocycles. The van der Waals surface area contributed by atoms with Crippen molar-refractivity contribution in [2.24, 2.45) is 0 Å². The fraction of sp³-hybridized carbons (Fsp3) is 0.125. The SMILES string of the molecule is O=C1NC(=O)C(=Cc2cc(OCc3ccco3)nc(NCCNS(=O)(=O)c3cccc4cnccc34)n2)S1. The third-order valence-electron chi connectivity index (χ3n) is 5.22. The summed E-state index contributed by atoms with van der Waals surface area (Å²) in [6.07, 6.45) is 6.10. The fourth-order valence-corrected chi connectivity index (χ4v) is 5.46. The zero-order valence-corrected chi connectivity index (χ0v) is 21.2. The van der Waals surface area contributed by atoms with Gasteiger partial charge in [-0.05, 0) is 42.1 Å². The van der Waals surface area contributed by atoms with Crippen LogP contribution in [0.3, 0.4) is 0 Å². The summed E-state index contributed by atoms with van der Waals surface area (Å²) in [6, 6.07) is 11.6. The van der Waals surface area contributed by atoms with E-state index in [0.29, 0.717) is 22.2 Å². The number of aromatic nitrogens is 3. The highest BCUT2D eigenvalue weighted by Gasteiger charge is 2.25. The highest BCUT2D eigenvalue weighted by atomic mass is 32.2. The van der Waals surface area contributed by atoms with Crippen molar-refractivity contribution in [3.05, 3.63) is 77.5 Å². The van der Waals surface area contributed by atoms with Gasteiger partial charge in [-0.25, -0.2) is 18.1 Å². The summed E-state index contributed by atoms with van der Waals surface area (Å²) in [7, 11) is -3.80. The number of carbonyl (C=O) groups is 2. The van der Waals surface area contributed by atoms with Gasteiger partial charge in [0.25, 0.3) is 11.1 Å². The maximum absolute atomic E-state index is 12.9. The summed E-state index contributed by atoms with van der Waals surface area (Å²) in [5, 5.41) is 5.95. The molecule has 1 aliphatic heterocycles. The number of nitrogens with zero attached hydrogens (tertiary/aromatic N) is 3. The molecular weight excluding hydrogens is 532 g/mol. The molecular formula is C24H20N6O6S2. The number of amides is 2. The number of thioether (sulfide) groups is 1. The van der Waals surface area contributed by atoms with E-state index in [0.717, 1.165) is 11.8 Å². The first-order valence-corrected chi connectivity index (χ1v) is 13.5. The van der Waals surface area contributed by atoms with Gasteiger partial charge in [0, 0.05) is 42.3 Å². The van der Waals surface area contributed by atoms with Gasteiger partial charge in [0.15, 0.2) is 0 Å². The van der Waals surface area contributed by atoms with E-state index >= 15 is 0 Å². The van der Waals surface area contributed by atoms with Crippen molar-refractivity contribution in [3.63, 3.8) is 0 Å². The van der Waals surface area contributed by atoms with Crippen LogP contribution in [0.15, 0.2) is 75.3 Å². The predicted molar refractivity (Wildman–Crippen MR) is 140 cm³/mol. The van der Waals surface area contributed by atoms with Crippen LogP contribution in [0.25, 0.3) is 16.8 Å². The first-order valence-electron chi connectivity index (χ1n) is 11.2. The minimum Gasteiger partial charge on any atom is -0.469 e. The molecule has 14 heteroatoms. The Morgan fingerprint density at radius 3 is 2.79 bits per heavy atom. The van der Waals surface area contributed by atoms with Crippen LogP contribution in [0, 0.1) is 0 Å². The van der Waals surface area contributed by atoms with Crippen molar-refractivity contribution >= 4 is 55.7 Å². The number of anilines is 1. The lowest BCUT2D eigenvalue weighted by Crippen LogP contribution is -2.29. The maximum Gasteiger partial charge on any atom is 0.290 e. The second-order valence-corrected chi connectivity index (χ2v) is 10.6. The first kappa shape index (κ1) is 25.4. The van der Waals surface area contributed by atoms with Gasteiger partial charge in [-0.15, -0.1) is 0 Å². The zero-order valence-electron chi connectivity index (χ0n) is 19.6. The summed E-state index contributed by atoms with van der Waals surface area (Å²) < 4.78 is 39.4. The van der Waals surface area contributed by atoms with Crippen molar-refractivity contribution in [1.82, 2.24) is 25.0 Å². The summed E-state index contributed by atoms with van der Waals surface area (Å²) in [5.41, 5.74) is 0.314. The third-order valence-corrected chi connectivity index (χ3v) is 7.55. The Morgan fingerprint density at radius 1 is 1.11 bits per heavy atom. The van der Waals surface area contributed by atoms with E-state index in [1.165, 1.54) is 30.7 Å². The Labute approximate surface area is 221 Å². The average Bonchev–Trinajstić information content (AvgIpc) is 3.54. The number of nitrogens with one attached hydrogen (secondary N) is 3. The molecule has 1 fully saturated rings. The highest BCUT2D eigenvalue weighted by Crippen LogP contribution is 2.26. The lowest BCUT2D eigenvalue weighted by Gasteiger charge is -2.11. The third kappa shape index (κ3) is 5.99. The fourth-order valence-electron chi connectivity index (χ4n) is 3.53. The number of hydrogen-bond donors (Lipinski definition) is 3. The normalized spacial score (nSPS) is 14.7. The second kappa shape index (κ2) is 11.0. The van der Waals surface area contributed by atoms with Gasteiger partial charge in [0.2, 0.25) is 21.9 Å². The number of benzene rings is 1. The van der Waals surface area contributed by atoms with Crippen molar-refractivity contribution in [1.29, 1.82) is 0 Å². The number of ether oxygens (including phenoxy) is 1. The van der Waals surface area contributed by atoms with Crippen LogP contribution in [0.1, 0.15) is 11.5 Å². The molecule has 4 aromatic rings. The largest absolute Gasteiger partial charge is 0.469 e. The first-order chi connectivity index (χ1) is 18.4. The maximum atomic E-state index is 12.9. The molecule has 1 aliphatic rings. The Bertz CT molecular complexity index is 1630. The van der Waals surface area contributed by atoms with Crippen molar-refractivity contribution in [2.75, 3.05) is 18.4 Å². The minimum atomic E-state index is -3.80. The van der Waals surface area contributed by atoms with E-state index in [2.05, 4.69) is 30.3 Å². The number of pyridine rings is 1. The average molecular weight is 553 g/mol. The van der Waals surface area contributed by atoms with Crippen LogP contribution in [0.5, 0.6) is 5.88 Å². The van der Waals surface area contributed by atoms with Crippen molar-refractivity contribution < 1.29 is 27.2 Å². The molecule has 0 bridgehead atoms. The number of carbonyl (C=O) groups excluding carboxylic acids is 2. The van der Waals surface area contributed by atoms with Gasteiger partial charge >= 0.3 is 0 Å². The molecule has 3 aromatic heterocycles. The molecule has 0 spiro atoms. The highest BCUT2D eigenvalue weighted by molar-refractivity contribution is 8.18. The summed E-state index contributed by atoms with van der Waals surface area (Å²) >= 11 is 0.759. The van der Waals surface area contributed by atoms with Crippen molar-refractivity contribution in [2.45, 2.75) is 11.5 Å². The van der Waals surface area contributed by atoms with Crippen LogP contribution < -0.4 is 20.1 Å². The van der Waals surface area contributed by atoms with Gasteiger partial charge in [-0.3, -0.25) is 19.9 Å². The van der Waals surface area contributed by atoms with Gasteiger partial charge in [-0.2, -0.15) is 4.98 Å². The molecule has 0 radical (unpaired) electrons. The Morgan fingerprint density at radius 2 is 2.00 bits per heavy atom. The molecule has 3 N–H and O–H groups in total. The van der Waals surface area contributed by atoms with Crippen molar-refractivity contribution in [3.8, 4) is 5.88 Å². The number of fused-ring (bicyclic) bond motifs is 1. The van der Waals surface area contributed by atoms with Gasteiger partial charge in [0.05, 0.1) is 21.8 Å². The summed E-state index contributed by atoms with van der Waals surface area (Å²) in [4.78, 5) is 36.5. The molecule has 1 saturated heterocycles. The van der Waals surface area contributed by atoms with Crippen LogP contribution in [-0.4, -0.2) is 47.6 Å². The van der Waals surface area contributed by atoms with Crippen LogP contribution in [-0.2, 0) is 21.4 Å². The molecule has 4 heterocycles. The Kier molecular flexibility index (Phi) is 7.35. The molecule has 1 aromatic carbocycles. The lowest BCUT2D eigenvalue weighted by molar-refractivity contribution is -0.115. The Hall–Kier alpha value is -4.27. The van der Waals surface area contributed by atoms with Gasteiger partial charge in [-0.1, -0.05) is 12.1 Å². The van der Waals surface area contributed by atoms with E-state index in [1.54, 1.807) is 36.5 Å². The molecule has 194 valence electrons. The second-order valence-electron chi connectivity index (χ2n) is 7.85. The quantitative estimate of drug-likeness (QED) is 0.196. The minimum absolute atomic E-state index is 0.0355. The molecule has 2 amide bonds. The standard InChI is InChI=1S/C24H20N6O6S2/c31-22-19(37-24(32)30-22)11-16-12-21(36-14-17-4-2-10-35-17)29-23(28-16)26-8-9-27-38(33,34)20-5-1-3-15-13-25-7-6-18(15)20/h1-7,10-13,27H,8-9,14H2,(H,26,28,29)(H,30,31,32). The number of rotatable bonds is 10. The summed E-state index contributed by atoms with van der Waals surface area (Å²) in [6.45, 7) is 0.290. The monoisotopic (exact) mass is 552 g/mol. The van der Waals surface area contributed by atoms with Gasteiger partial charge < -0.3 is 14.5 Å². The van der Waals surface area contributed by atoms with Crippen LogP contribution in [0.4, 0.5) is 10.7 Å². The smallest absolute Gasteiger partial charge is 0.290 e. The Balaban J connectivity index is 1.29. The molecule has 0 atom stereocenters. The number of furan rings is 1. The van der Waals surface area contributed by atoms with E-state index in [-0.39, 0.29) is 41.3 Å². The number of hydrogen-bond acceptors (Lipinski definition) is 11. The van der Waals surface area contributed by atoms with E-state index < -0.39 is 21.2 Å². The van der Waals surface area contributed by atoms with E-state index in [9.17, 15) is 18.0 Å². The molecule has 38 heavy (non-hydrogen) atoms. The van der Waals surface area contributed by atoms with Crippen LogP contribution >= 0.6 is 11.8 Å². The number of sulfonamides is 1. The number of imide groups is 1. The molecule has 12 nitrogen and oxygen atoms in total. The van der Waals surface area contributed by atoms with E-state index in [4.69, 9.17) is 9.15 Å². The molecule has 0 unspecified atom stereocenters. The zero-order chi connectivity index (χ0) is 26.5.